The highest BCUT2D eigenvalue weighted by Crippen LogP contribution is 2.37. The van der Waals surface area contributed by atoms with Crippen LogP contribution in [0.2, 0.25) is 10.0 Å². The molecule has 0 bridgehead atoms. The van der Waals surface area contributed by atoms with E-state index in [0.717, 1.165) is 24.9 Å². The normalized spacial score (nSPS) is 10.8. The molecule has 7 heteroatoms. The summed E-state index contributed by atoms with van der Waals surface area (Å²) in [5, 5.41) is 12.7. The van der Waals surface area contributed by atoms with Crippen molar-refractivity contribution in [1.29, 1.82) is 0 Å². The lowest BCUT2D eigenvalue weighted by molar-refractivity contribution is 0.279. The molecular weight excluding hydrogens is 380 g/mol. The van der Waals surface area contributed by atoms with Crippen molar-refractivity contribution in [2.24, 2.45) is 0 Å². The summed E-state index contributed by atoms with van der Waals surface area (Å²) in [7, 11) is 1.52. The summed E-state index contributed by atoms with van der Waals surface area (Å²) in [4.78, 5) is 0. The van der Waals surface area contributed by atoms with Gasteiger partial charge in [-0.1, -0.05) is 29.3 Å². The second kappa shape index (κ2) is 10.6. The number of hydrogen-bond acceptors (Lipinski definition) is 4. The predicted molar refractivity (Wildman–Crippen MR) is 102 cm³/mol. The van der Waals surface area contributed by atoms with Gasteiger partial charge in [0.2, 0.25) is 0 Å². The number of unbranched alkanes of at least 4 members (excludes halogenated alkanes) is 1. The maximum Gasteiger partial charge on any atom is 0.180 e. The molecule has 0 radical (unpaired) electrons. The van der Waals surface area contributed by atoms with Crippen molar-refractivity contribution in [2.75, 3.05) is 20.3 Å². The fraction of sp³-hybridized carbons (Fsp3) is 0.368. The summed E-state index contributed by atoms with van der Waals surface area (Å²) >= 11 is 12.3. The smallest absolute Gasteiger partial charge is 0.180 e. The number of aliphatic hydroxyl groups excluding tert-OH is 1. The molecule has 0 fully saturated rings. The van der Waals surface area contributed by atoms with Crippen LogP contribution in [0.25, 0.3) is 0 Å². The van der Waals surface area contributed by atoms with E-state index in [4.69, 9.17) is 37.8 Å². The standard InChI is InChI=1S/C19H22Cl2FNO3/c1-25-18-10-13(11-23-7-2-3-8-24)9-16(21)19(18)26-12-14-15(20)5-4-6-17(14)22/h4-6,9-10,23-24H,2-3,7-8,11-12H2,1H3. The predicted octanol–water partition coefficient (Wildman–Crippen LogP) is 4.58. The molecule has 142 valence electrons. The van der Waals surface area contributed by atoms with E-state index in [-0.39, 0.29) is 18.8 Å². The number of ether oxygens (including phenoxy) is 2. The van der Waals surface area contributed by atoms with Gasteiger partial charge in [0.15, 0.2) is 11.5 Å². The third kappa shape index (κ3) is 5.74. The second-order valence-corrected chi connectivity index (χ2v) is 6.52. The first-order valence-electron chi connectivity index (χ1n) is 8.30. The zero-order valence-corrected chi connectivity index (χ0v) is 16.0. The minimum absolute atomic E-state index is 0.0552. The quantitative estimate of drug-likeness (QED) is 0.572. The first-order valence-corrected chi connectivity index (χ1v) is 9.06. The lowest BCUT2D eigenvalue weighted by Crippen LogP contribution is -2.15. The van der Waals surface area contributed by atoms with Gasteiger partial charge in [0.05, 0.1) is 17.2 Å². The Morgan fingerprint density at radius 2 is 1.96 bits per heavy atom. The van der Waals surface area contributed by atoms with Crippen LogP contribution in [0.4, 0.5) is 4.39 Å². The Balaban J connectivity index is 2.06. The van der Waals surface area contributed by atoms with Gasteiger partial charge in [-0.3, -0.25) is 0 Å². The molecule has 2 N–H and O–H groups in total. The monoisotopic (exact) mass is 401 g/mol. The molecule has 0 aliphatic rings. The van der Waals surface area contributed by atoms with E-state index >= 15 is 0 Å². The number of methoxy groups -OCH3 is 1. The molecule has 0 aliphatic carbocycles. The summed E-state index contributed by atoms with van der Waals surface area (Å²) in [5.74, 6) is 0.380. The highest BCUT2D eigenvalue weighted by atomic mass is 35.5. The van der Waals surface area contributed by atoms with Gasteiger partial charge in [0.1, 0.15) is 12.4 Å². The van der Waals surface area contributed by atoms with Crippen LogP contribution in [-0.4, -0.2) is 25.4 Å². The van der Waals surface area contributed by atoms with Gasteiger partial charge < -0.3 is 19.9 Å². The number of aliphatic hydroxyl groups is 1. The number of halogens is 3. The fourth-order valence-electron chi connectivity index (χ4n) is 2.42. The molecule has 2 aromatic carbocycles. The molecule has 26 heavy (non-hydrogen) atoms. The van der Waals surface area contributed by atoms with E-state index in [1.165, 1.54) is 19.2 Å². The maximum atomic E-state index is 13.9. The molecule has 0 aliphatic heterocycles. The van der Waals surface area contributed by atoms with Crippen LogP contribution in [0.5, 0.6) is 11.5 Å². The molecule has 0 amide bonds. The van der Waals surface area contributed by atoms with Crippen LogP contribution < -0.4 is 14.8 Å². The summed E-state index contributed by atoms with van der Waals surface area (Å²) in [6, 6.07) is 8.07. The molecular formula is C19H22Cl2FNO3. The van der Waals surface area contributed by atoms with Crippen LogP contribution in [0.1, 0.15) is 24.0 Å². The second-order valence-electron chi connectivity index (χ2n) is 5.71. The minimum atomic E-state index is -0.434. The molecule has 2 aromatic rings. The summed E-state index contributed by atoms with van der Waals surface area (Å²) in [5.41, 5.74) is 1.20. The van der Waals surface area contributed by atoms with Gasteiger partial charge >= 0.3 is 0 Å². The average molecular weight is 402 g/mol. The molecule has 0 saturated heterocycles. The molecule has 0 unspecified atom stereocenters. The molecule has 0 aromatic heterocycles. The van der Waals surface area contributed by atoms with Crippen molar-refractivity contribution in [1.82, 2.24) is 5.32 Å². The van der Waals surface area contributed by atoms with Crippen LogP contribution in [-0.2, 0) is 13.2 Å². The van der Waals surface area contributed by atoms with Crippen molar-refractivity contribution in [3.05, 3.63) is 57.3 Å². The molecule has 0 heterocycles. The van der Waals surface area contributed by atoms with E-state index in [9.17, 15) is 4.39 Å². The molecule has 2 rings (SSSR count). The first kappa shape index (κ1) is 20.8. The Morgan fingerprint density at radius 1 is 1.15 bits per heavy atom. The van der Waals surface area contributed by atoms with E-state index < -0.39 is 5.82 Å². The highest BCUT2D eigenvalue weighted by molar-refractivity contribution is 6.32. The number of hydrogen-bond donors (Lipinski definition) is 2. The van der Waals surface area contributed by atoms with Crippen LogP contribution in [0.3, 0.4) is 0 Å². The van der Waals surface area contributed by atoms with Crippen molar-refractivity contribution in [3.8, 4) is 11.5 Å². The van der Waals surface area contributed by atoms with Gasteiger partial charge in [0, 0.05) is 18.7 Å². The number of nitrogens with one attached hydrogen (secondary N) is 1. The van der Waals surface area contributed by atoms with Gasteiger partial charge in [-0.15, -0.1) is 0 Å². The lowest BCUT2D eigenvalue weighted by atomic mass is 10.2. The SMILES string of the molecule is COc1cc(CNCCCCO)cc(Cl)c1OCc1c(F)cccc1Cl. The molecule has 0 saturated carbocycles. The van der Waals surface area contributed by atoms with E-state index in [1.807, 2.05) is 6.07 Å². The zero-order valence-electron chi connectivity index (χ0n) is 14.5. The number of rotatable bonds is 10. The first-order chi connectivity index (χ1) is 12.6. The van der Waals surface area contributed by atoms with Crippen LogP contribution in [0, 0.1) is 5.82 Å². The van der Waals surface area contributed by atoms with E-state index in [2.05, 4.69) is 5.32 Å². The Kier molecular flexibility index (Phi) is 8.45. The van der Waals surface area contributed by atoms with Crippen molar-refractivity contribution < 1.29 is 19.0 Å². The molecule has 0 atom stereocenters. The molecule has 4 nitrogen and oxygen atoms in total. The topological polar surface area (TPSA) is 50.7 Å². The number of benzene rings is 2. The Hall–Kier alpha value is -1.53. The molecule has 0 spiro atoms. The van der Waals surface area contributed by atoms with Gasteiger partial charge in [-0.05, 0) is 49.2 Å². The van der Waals surface area contributed by atoms with E-state index in [0.29, 0.717) is 28.1 Å². The highest BCUT2D eigenvalue weighted by Gasteiger charge is 2.14. The third-order valence-electron chi connectivity index (χ3n) is 3.80. The van der Waals surface area contributed by atoms with Crippen LogP contribution >= 0.6 is 23.2 Å². The van der Waals surface area contributed by atoms with Gasteiger partial charge in [-0.2, -0.15) is 0 Å². The lowest BCUT2D eigenvalue weighted by Gasteiger charge is -2.15. The Labute approximate surface area is 162 Å². The summed E-state index contributed by atoms with van der Waals surface area (Å²) < 4.78 is 24.9. The largest absolute Gasteiger partial charge is 0.493 e. The van der Waals surface area contributed by atoms with Crippen molar-refractivity contribution in [2.45, 2.75) is 26.0 Å². The van der Waals surface area contributed by atoms with Crippen molar-refractivity contribution >= 4 is 23.2 Å². The Morgan fingerprint density at radius 3 is 2.65 bits per heavy atom. The van der Waals surface area contributed by atoms with E-state index in [1.54, 1.807) is 12.1 Å². The van der Waals surface area contributed by atoms with Gasteiger partial charge in [-0.25, -0.2) is 4.39 Å². The fourth-order valence-corrected chi connectivity index (χ4v) is 2.93. The Bertz CT molecular complexity index is 708. The summed E-state index contributed by atoms with van der Waals surface area (Å²) in [6.07, 6.45) is 1.66. The van der Waals surface area contributed by atoms with Crippen LogP contribution in [0.15, 0.2) is 30.3 Å². The maximum absolute atomic E-state index is 13.9. The minimum Gasteiger partial charge on any atom is -0.493 e. The average Bonchev–Trinajstić information content (AvgIpc) is 2.62. The zero-order chi connectivity index (χ0) is 18.9. The third-order valence-corrected chi connectivity index (χ3v) is 4.44. The van der Waals surface area contributed by atoms with Crippen molar-refractivity contribution in [3.63, 3.8) is 0 Å². The summed E-state index contributed by atoms with van der Waals surface area (Å²) in [6.45, 7) is 1.55. The van der Waals surface area contributed by atoms with Gasteiger partial charge in [0.25, 0.3) is 0 Å².